The first-order valence-corrected chi connectivity index (χ1v) is 9.38. The molecule has 140 valence electrons. The Bertz CT molecular complexity index is 856. The number of nitrogens with zero attached hydrogens (tertiary/aromatic N) is 1. The smallest absolute Gasteiger partial charge is 0.330 e. The number of hydrogen-bond donors (Lipinski definition) is 2. The summed E-state index contributed by atoms with van der Waals surface area (Å²) in [6.45, 7) is 1.49. The molecule has 2 rings (SSSR count). The van der Waals surface area contributed by atoms with E-state index in [2.05, 4.69) is 9.72 Å². The summed E-state index contributed by atoms with van der Waals surface area (Å²) in [5.74, 6) is -1.42. The van der Waals surface area contributed by atoms with Gasteiger partial charge in [-0.05, 0) is 6.92 Å². The zero-order valence-electron chi connectivity index (χ0n) is 13.8. The highest BCUT2D eigenvalue weighted by atomic mass is 32.2. The van der Waals surface area contributed by atoms with E-state index in [0.29, 0.717) is 0 Å². The van der Waals surface area contributed by atoms with Crippen LogP contribution in [0.5, 0.6) is 0 Å². The Kier molecular flexibility index (Phi) is 5.80. The lowest BCUT2D eigenvalue weighted by molar-refractivity contribution is -0.140. The van der Waals surface area contributed by atoms with Crippen LogP contribution in [0.15, 0.2) is 15.8 Å². The molecule has 1 aromatic rings. The van der Waals surface area contributed by atoms with Gasteiger partial charge in [-0.1, -0.05) is 0 Å². The maximum Gasteiger partial charge on any atom is 0.330 e. The average molecular weight is 376 g/mol. The summed E-state index contributed by atoms with van der Waals surface area (Å²) in [4.78, 5) is 36.4. The van der Waals surface area contributed by atoms with Gasteiger partial charge in [0.25, 0.3) is 5.56 Å². The van der Waals surface area contributed by atoms with Gasteiger partial charge < -0.3 is 14.6 Å². The number of sulfone groups is 1. The summed E-state index contributed by atoms with van der Waals surface area (Å²) in [6, 6.07) is 0. The van der Waals surface area contributed by atoms with Gasteiger partial charge in [0.2, 0.25) is 0 Å². The lowest BCUT2D eigenvalue weighted by atomic mass is 10.2. The van der Waals surface area contributed by atoms with Crippen molar-refractivity contribution >= 4 is 15.8 Å². The van der Waals surface area contributed by atoms with Gasteiger partial charge in [-0.2, -0.15) is 0 Å². The van der Waals surface area contributed by atoms with Crippen molar-refractivity contribution in [1.82, 2.24) is 9.55 Å². The highest BCUT2D eigenvalue weighted by molar-refractivity contribution is 7.91. The minimum absolute atomic E-state index is 0.00668. The van der Waals surface area contributed by atoms with E-state index >= 15 is 0 Å². The molecule has 0 spiro atoms. The molecular formula is C14H20N2O8S. The normalized spacial score (nSPS) is 23.6. The van der Waals surface area contributed by atoms with Crippen molar-refractivity contribution in [3.05, 3.63) is 32.6 Å². The molecule has 11 heteroatoms. The van der Waals surface area contributed by atoms with Crippen LogP contribution >= 0.6 is 0 Å². The van der Waals surface area contributed by atoms with Crippen molar-refractivity contribution < 1.29 is 27.8 Å². The fourth-order valence-electron chi connectivity index (χ4n) is 2.57. The van der Waals surface area contributed by atoms with E-state index in [0.717, 1.165) is 4.57 Å². The number of carbonyl (C=O) groups excluding carboxylic acids is 1. The summed E-state index contributed by atoms with van der Waals surface area (Å²) < 4.78 is 35.0. The van der Waals surface area contributed by atoms with Crippen molar-refractivity contribution in [3.63, 3.8) is 0 Å². The Morgan fingerprint density at radius 3 is 2.80 bits per heavy atom. The summed E-state index contributed by atoms with van der Waals surface area (Å²) >= 11 is 0. The summed E-state index contributed by atoms with van der Waals surface area (Å²) in [5, 5.41) is 10.1. The van der Waals surface area contributed by atoms with Gasteiger partial charge in [-0.25, -0.2) is 13.2 Å². The van der Waals surface area contributed by atoms with Crippen LogP contribution in [-0.2, 0) is 24.1 Å². The first-order chi connectivity index (χ1) is 11.6. The fourth-order valence-corrected chi connectivity index (χ4v) is 4.00. The van der Waals surface area contributed by atoms with Gasteiger partial charge >= 0.3 is 11.7 Å². The van der Waals surface area contributed by atoms with E-state index in [1.807, 2.05) is 0 Å². The van der Waals surface area contributed by atoms with E-state index < -0.39 is 57.0 Å². The number of aromatic nitrogens is 2. The molecule has 1 aliphatic heterocycles. The summed E-state index contributed by atoms with van der Waals surface area (Å²) in [7, 11) is -2.44. The third kappa shape index (κ3) is 4.77. The molecule has 1 aliphatic rings. The molecule has 2 heterocycles. The lowest BCUT2D eigenvalue weighted by Crippen LogP contribution is -2.36. The van der Waals surface area contributed by atoms with Crippen molar-refractivity contribution in [2.45, 2.75) is 38.2 Å². The maximum atomic E-state index is 12.0. The van der Waals surface area contributed by atoms with Crippen LogP contribution in [0.4, 0.5) is 0 Å². The second-order valence-electron chi connectivity index (χ2n) is 5.87. The van der Waals surface area contributed by atoms with E-state index in [9.17, 15) is 27.9 Å². The highest BCUT2D eigenvalue weighted by Gasteiger charge is 2.38. The van der Waals surface area contributed by atoms with E-state index in [1.165, 1.54) is 20.2 Å². The predicted molar refractivity (Wildman–Crippen MR) is 85.9 cm³/mol. The molecule has 0 aromatic carbocycles. The number of esters is 1. The molecule has 0 aliphatic carbocycles. The quantitative estimate of drug-likeness (QED) is 0.569. The van der Waals surface area contributed by atoms with E-state index in [4.69, 9.17) is 4.74 Å². The van der Waals surface area contributed by atoms with Crippen molar-refractivity contribution in [3.8, 4) is 0 Å². The molecule has 0 radical (unpaired) electrons. The first kappa shape index (κ1) is 19.3. The maximum absolute atomic E-state index is 12.0. The summed E-state index contributed by atoms with van der Waals surface area (Å²) in [5.41, 5.74) is -1.05. The number of nitrogens with one attached hydrogen (secondary N) is 1. The van der Waals surface area contributed by atoms with Crippen LogP contribution < -0.4 is 11.2 Å². The fraction of sp³-hybridized carbons (Fsp3) is 0.643. The number of aliphatic hydroxyl groups is 1. The molecule has 0 saturated carbocycles. The Morgan fingerprint density at radius 2 is 2.16 bits per heavy atom. The van der Waals surface area contributed by atoms with Crippen LogP contribution in [0, 0.1) is 6.92 Å². The zero-order valence-corrected chi connectivity index (χ0v) is 14.6. The van der Waals surface area contributed by atoms with E-state index in [-0.39, 0.29) is 18.4 Å². The van der Waals surface area contributed by atoms with Gasteiger partial charge in [0, 0.05) is 18.2 Å². The molecule has 1 saturated heterocycles. The van der Waals surface area contributed by atoms with Gasteiger partial charge in [0.15, 0.2) is 16.1 Å². The van der Waals surface area contributed by atoms with Gasteiger partial charge in [-0.15, -0.1) is 0 Å². The third-order valence-corrected chi connectivity index (χ3v) is 5.58. The Morgan fingerprint density at radius 1 is 1.48 bits per heavy atom. The SMILES string of the molecule is COC(=O)CCS(=O)(=O)C[C@@H]1C[C@@H](O)[C@H](n2cc(C)c(=O)[nH]c2=O)O1. The van der Waals surface area contributed by atoms with E-state index in [1.54, 1.807) is 0 Å². The number of aryl methyl sites for hydroxylation is 1. The second-order valence-corrected chi connectivity index (χ2v) is 8.10. The first-order valence-electron chi connectivity index (χ1n) is 7.56. The zero-order chi connectivity index (χ0) is 18.8. The van der Waals surface area contributed by atoms with Crippen LogP contribution in [-0.4, -0.2) is 59.9 Å². The number of aromatic amines is 1. The monoisotopic (exact) mass is 376 g/mol. The van der Waals surface area contributed by atoms with Crippen LogP contribution in [0.3, 0.4) is 0 Å². The lowest BCUT2D eigenvalue weighted by Gasteiger charge is -2.17. The average Bonchev–Trinajstić information content (AvgIpc) is 2.88. The molecule has 0 bridgehead atoms. The minimum atomic E-state index is -3.61. The number of methoxy groups -OCH3 is 1. The van der Waals surface area contributed by atoms with Crippen molar-refractivity contribution in [2.24, 2.45) is 0 Å². The van der Waals surface area contributed by atoms with Crippen molar-refractivity contribution in [2.75, 3.05) is 18.6 Å². The molecule has 10 nitrogen and oxygen atoms in total. The molecule has 0 unspecified atom stereocenters. The minimum Gasteiger partial charge on any atom is -0.469 e. The van der Waals surface area contributed by atoms with Gasteiger partial charge in [-0.3, -0.25) is 19.1 Å². The standard InChI is InChI=1S/C14H20N2O8S/c1-8-6-16(14(20)15-12(8)19)13-10(17)5-9(24-13)7-25(21,22)4-3-11(18)23-2/h6,9-10,13,17H,3-5,7H2,1-2H3,(H,15,19,20)/t9-,10+,13+/m0/s1. The predicted octanol–water partition coefficient (Wildman–Crippen LogP) is -1.53. The summed E-state index contributed by atoms with van der Waals surface area (Å²) in [6.07, 6.45) is -2.04. The third-order valence-electron chi connectivity index (χ3n) is 3.87. The van der Waals surface area contributed by atoms with Crippen LogP contribution in [0.25, 0.3) is 0 Å². The number of aliphatic hydroxyl groups excluding tert-OH is 1. The van der Waals surface area contributed by atoms with Gasteiger partial charge in [0.05, 0.1) is 31.1 Å². The van der Waals surface area contributed by atoms with Crippen LogP contribution in [0.1, 0.15) is 24.6 Å². The Labute approximate surface area is 143 Å². The second kappa shape index (κ2) is 7.50. The number of H-pyrrole nitrogens is 1. The number of ether oxygens (including phenoxy) is 2. The van der Waals surface area contributed by atoms with Crippen molar-refractivity contribution in [1.29, 1.82) is 0 Å². The molecule has 1 aromatic heterocycles. The molecular weight excluding hydrogens is 356 g/mol. The number of hydrogen-bond acceptors (Lipinski definition) is 8. The Balaban J connectivity index is 2.09. The highest BCUT2D eigenvalue weighted by Crippen LogP contribution is 2.28. The topological polar surface area (TPSA) is 145 Å². The van der Waals surface area contributed by atoms with Gasteiger partial charge in [0.1, 0.15) is 6.10 Å². The molecule has 2 N–H and O–H groups in total. The molecule has 0 amide bonds. The largest absolute Gasteiger partial charge is 0.469 e. The number of rotatable bonds is 6. The van der Waals surface area contributed by atoms with Crippen LogP contribution in [0.2, 0.25) is 0 Å². The number of carbonyl (C=O) groups is 1. The molecule has 3 atom stereocenters. The molecule has 1 fully saturated rings. The molecule has 25 heavy (non-hydrogen) atoms. The Hall–Kier alpha value is -1.98.